The first kappa shape index (κ1) is 20.7. The number of carbonyl (C=O) groups is 1. The van der Waals surface area contributed by atoms with Crippen molar-refractivity contribution in [1.82, 2.24) is 0 Å². The van der Waals surface area contributed by atoms with Crippen molar-refractivity contribution in [1.29, 1.82) is 0 Å². The van der Waals surface area contributed by atoms with Crippen molar-refractivity contribution in [2.45, 2.75) is 38.2 Å². The Bertz CT molecular complexity index is 566. The van der Waals surface area contributed by atoms with Gasteiger partial charge < -0.3 is 9.84 Å². The highest BCUT2D eigenvalue weighted by Crippen LogP contribution is 2.63. The van der Waals surface area contributed by atoms with Gasteiger partial charge in [0.1, 0.15) is 5.75 Å². The van der Waals surface area contributed by atoms with Gasteiger partial charge in [0.25, 0.3) is 0 Å². The minimum absolute atomic E-state index is 0.0812. The van der Waals surface area contributed by atoms with E-state index in [-0.39, 0.29) is 11.3 Å². The third-order valence-electron chi connectivity index (χ3n) is 3.03. The largest absolute Gasteiger partial charge is 0.508 e. The molecule has 0 saturated heterocycles. The molecule has 1 aromatic rings. The van der Waals surface area contributed by atoms with Crippen LogP contribution in [0.3, 0.4) is 0 Å². The van der Waals surface area contributed by atoms with Gasteiger partial charge in [0.2, 0.25) is 0 Å². The summed E-state index contributed by atoms with van der Waals surface area (Å²) in [5.41, 5.74) is 0.579. The van der Waals surface area contributed by atoms with Gasteiger partial charge in [-0.15, -0.1) is 0 Å². The second-order valence-electron chi connectivity index (χ2n) is 5.63. The Balaban J connectivity index is 3.17. The lowest BCUT2D eigenvalue weighted by atomic mass is 9.99. The number of hydrogen-bond acceptors (Lipinski definition) is 3. The van der Waals surface area contributed by atoms with Crippen LogP contribution in [0.4, 0.5) is 8.39 Å². The fourth-order valence-corrected chi connectivity index (χ4v) is 3.11. The minimum atomic E-state index is -2.01. The van der Waals surface area contributed by atoms with Gasteiger partial charge in [-0.1, -0.05) is 0 Å². The Labute approximate surface area is 157 Å². The average Bonchev–Trinajstić information content (AvgIpc) is 2.36. The molecule has 22 heavy (non-hydrogen) atoms. The Hall–Kier alpha value is 0.670. The number of hydrogen-bond donors (Lipinski definition) is 1. The number of phenolic OH excluding ortho intramolecular Hbond substituents is 1. The molecule has 0 amide bonds. The number of aromatic hydroxyl groups is 1. The summed E-state index contributed by atoms with van der Waals surface area (Å²) in [5, 5.41) is 7.74. The molecule has 0 bridgehead atoms. The maximum atomic E-state index is 13.8. The Morgan fingerprint density at radius 2 is 1.68 bits per heavy atom. The van der Waals surface area contributed by atoms with E-state index in [0.29, 0.717) is 5.56 Å². The SMILES string of the molecule is CC(C)(OC(=O)c1cc(O)cc(C(C)(C)P(F)I)c1)P(F)I. The summed E-state index contributed by atoms with van der Waals surface area (Å²) in [7, 11) is 0. The topological polar surface area (TPSA) is 46.5 Å². The monoisotopic (exact) mass is 574 g/mol. The molecule has 1 N–H and O–H groups in total. The number of carbonyl (C=O) groups excluding carboxylic acids is 1. The molecule has 0 heterocycles. The molecule has 3 nitrogen and oxygen atoms in total. The van der Waals surface area contributed by atoms with Crippen molar-refractivity contribution >= 4 is 61.8 Å². The second kappa shape index (κ2) is 7.70. The first-order chi connectivity index (χ1) is 9.87. The van der Waals surface area contributed by atoms with Crippen molar-refractivity contribution in [3.8, 4) is 5.75 Å². The molecule has 1 rings (SSSR count). The number of esters is 1. The van der Waals surface area contributed by atoms with E-state index in [0.717, 1.165) is 0 Å². The van der Waals surface area contributed by atoms with E-state index in [1.807, 2.05) is 0 Å². The maximum absolute atomic E-state index is 13.8. The Morgan fingerprint density at radius 3 is 2.14 bits per heavy atom. The molecule has 2 atom stereocenters. The van der Waals surface area contributed by atoms with Crippen LogP contribution in [0.25, 0.3) is 0 Å². The normalized spacial score (nSPS) is 15.3. The van der Waals surface area contributed by atoms with Gasteiger partial charge >= 0.3 is 5.97 Å². The fraction of sp³-hybridized carbons (Fsp3) is 0.462. The van der Waals surface area contributed by atoms with Crippen LogP contribution in [-0.2, 0) is 9.89 Å². The van der Waals surface area contributed by atoms with Gasteiger partial charge in [-0.05, 0) is 95.5 Å². The van der Waals surface area contributed by atoms with Crippen LogP contribution in [0, 0.1) is 0 Å². The summed E-state index contributed by atoms with van der Waals surface area (Å²) in [6.45, 7) is 6.37. The van der Waals surface area contributed by atoms with E-state index < -0.39 is 28.2 Å². The molecule has 0 aliphatic rings. The third-order valence-corrected chi connectivity index (χ3v) is 12.1. The average molecular weight is 574 g/mol. The quantitative estimate of drug-likeness (QED) is 0.235. The Morgan fingerprint density at radius 1 is 1.14 bits per heavy atom. The van der Waals surface area contributed by atoms with Crippen LogP contribution in [0.15, 0.2) is 18.2 Å². The van der Waals surface area contributed by atoms with Crippen molar-refractivity contribution < 1.29 is 23.0 Å². The predicted octanol–water partition coefficient (Wildman–Crippen LogP) is 6.95. The number of benzene rings is 1. The summed E-state index contributed by atoms with van der Waals surface area (Å²) < 4.78 is 32.5. The lowest BCUT2D eigenvalue weighted by Crippen LogP contribution is -2.24. The summed E-state index contributed by atoms with van der Waals surface area (Å²) in [4.78, 5) is 12.2. The van der Waals surface area contributed by atoms with Gasteiger partial charge in [0, 0.05) is 5.16 Å². The second-order valence-corrected chi connectivity index (χ2v) is 13.8. The molecule has 0 saturated carbocycles. The lowest BCUT2D eigenvalue weighted by Gasteiger charge is -2.27. The van der Waals surface area contributed by atoms with E-state index in [2.05, 4.69) is 0 Å². The third kappa shape index (κ3) is 5.08. The molecule has 0 spiro atoms. The van der Waals surface area contributed by atoms with Crippen molar-refractivity contribution in [3.05, 3.63) is 29.3 Å². The molecular formula is C13H16F2I2O3P2. The highest BCUT2D eigenvalue weighted by atomic mass is 127. The standard InChI is InChI=1S/C13H16F2I2O3P2/c1-12(2,21(14)16)9-5-8(6-10(18)7-9)11(19)20-13(3,4)22(15)17/h5-7,18H,1-4H3. The van der Waals surface area contributed by atoms with Crippen LogP contribution in [0.5, 0.6) is 5.75 Å². The summed E-state index contributed by atoms with van der Waals surface area (Å²) in [6.07, 6.45) is 0. The summed E-state index contributed by atoms with van der Waals surface area (Å²) in [6, 6.07) is 4.15. The zero-order valence-electron chi connectivity index (χ0n) is 12.4. The molecule has 0 aromatic heterocycles. The highest BCUT2D eigenvalue weighted by Gasteiger charge is 2.35. The van der Waals surface area contributed by atoms with Crippen LogP contribution >= 0.6 is 55.8 Å². The fourth-order valence-electron chi connectivity index (χ4n) is 1.50. The van der Waals surface area contributed by atoms with E-state index in [9.17, 15) is 18.3 Å². The van der Waals surface area contributed by atoms with E-state index in [1.165, 1.54) is 32.0 Å². The predicted molar refractivity (Wildman–Crippen MR) is 105 cm³/mol. The van der Waals surface area contributed by atoms with E-state index in [1.54, 1.807) is 57.9 Å². The van der Waals surface area contributed by atoms with Gasteiger partial charge in [0.05, 0.1) is 5.56 Å². The van der Waals surface area contributed by atoms with Gasteiger partial charge in [0.15, 0.2) is 17.1 Å². The van der Waals surface area contributed by atoms with Gasteiger partial charge in [-0.2, -0.15) is 0 Å². The number of ether oxygens (including phenoxy) is 1. The number of halogens is 4. The molecule has 1 aromatic carbocycles. The van der Waals surface area contributed by atoms with Crippen LogP contribution < -0.4 is 0 Å². The maximum Gasteiger partial charge on any atom is 0.339 e. The Kier molecular flexibility index (Phi) is 7.25. The highest BCUT2D eigenvalue weighted by molar-refractivity contribution is 14.2. The van der Waals surface area contributed by atoms with E-state index >= 15 is 0 Å². The molecular weight excluding hydrogens is 558 g/mol. The van der Waals surface area contributed by atoms with Crippen LogP contribution in [0.1, 0.15) is 43.6 Å². The minimum Gasteiger partial charge on any atom is -0.508 e. The molecule has 0 aliphatic carbocycles. The molecule has 0 aliphatic heterocycles. The zero-order valence-corrected chi connectivity index (χ0v) is 18.5. The summed E-state index contributed by atoms with van der Waals surface area (Å²) >= 11 is 3.31. The van der Waals surface area contributed by atoms with Crippen molar-refractivity contribution in [2.75, 3.05) is 0 Å². The van der Waals surface area contributed by atoms with Crippen molar-refractivity contribution in [3.63, 3.8) is 0 Å². The first-order valence-corrected chi connectivity index (χ1v) is 14.2. The molecule has 9 heteroatoms. The first-order valence-electron chi connectivity index (χ1n) is 6.19. The molecule has 0 fully saturated rings. The van der Waals surface area contributed by atoms with Crippen LogP contribution in [-0.4, -0.2) is 16.4 Å². The summed E-state index contributed by atoms with van der Waals surface area (Å²) in [5.74, 6) is -4.75. The van der Waals surface area contributed by atoms with Gasteiger partial charge in [-0.3, -0.25) is 0 Å². The number of rotatable bonds is 5. The van der Waals surface area contributed by atoms with Gasteiger partial charge in [-0.25, -0.2) is 13.2 Å². The smallest absolute Gasteiger partial charge is 0.339 e. The molecule has 124 valence electrons. The zero-order chi connectivity index (χ0) is 17.3. The van der Waals surface area contributed by atoms with Crippen LogP contribution in [0.2, 0.25) is 0 Å². The molecule has 0 radical (unpaired) electrons. The lowest BCUT2D eigenvalue weighted by molar-refractivity contribution is 0.0276. The van der Waals surface area contributed by atoms with Crippen molar-refractivity contribution in [2.24, 2.45) is 0 Å². The molecule has 2 unspecified atom stereocenters. The number of phenols is 1. The van der Waals surface area contributed by atoms with E-state index in [4.69, 9.17) is 4.74 Å².